The smallest absolute Gasteiger partial charge is 0.269 e. The van der Waals surface area contributed by atoms with Gasteiger partial charge in [0.25, 0.3) is 5.69 Å². The summed E-state index contributed by atoms with van der Waals surface area (Å²) in [7, 11) is 0. The zero-order valence-corrected chi connectivity index (χ0v) is 7.78. The molecule has 2 unspecified atom stereocenters. The van der Waals surface area contributed by atoms with E-state index >= 15 is 0 Å². The third-order valence-electron chi connectivity index (χ3n) is 1.97. The molecule has 6 heteroatoms. The third kappa shape index (κ3) is 2.72. The Kier molecular flexibility index (Phi) is 3.73. The monoisotopic (exact) mass is 213 g/mol. The summed E-state index contributed by atoms with van der Waals surface area (Å²) in [5.41, 5.74) is 0.0300. The van der Waals surface area contributed by atoms with Gasteiger partial charge in [0.05, 0.1) is 11.5 Å². The fourth-order valence-corrected chi connectivity index (χ4v) is 1.14. The number of hydrogen-bond donors (Lipinski definition) is 3. The molecular weight excluding hydrogens is 202 g/mol. The van der Waals surface area contributed by atoms with Gasteiger partial charge in [0.2, 0.25) is 0 Å². The Bertz CT molecular complexity index is 354. The molecule has 0 spiro atoms. The first-order valence-corrected chi connectivity index (χ1v) is 4.27. The third-order valence-corrected chi connectivity index (χ3v) is 1.97. The van der Waals surface area contributed by atoms with Crippen LogP contribution in [0.2, 0.25) is 0 Å². The molecule has 0 saturated carbocycles. The molecule has 3 N–H and O–H groups in total. The van der Waals surface area contributed by atoms with Crippen LogP contribution in [0.3, 0.4) is 0 Å². The number of aliphatic hydroxyl groups is 3. The van der Waals surface area contributed by atoms with Crippen molar-refractivity contribution in [1.29, 1.82) is 0 Å². The second-order valence-corrected chi connectivity index (χ2v) is 3.05. The number of nitro benzene ring substituents is 1. The summed E-state index contributed by atoms with van der Waals surface area (Å²) in [5.74, 6) is 0. The molecule has 2 atom stereocenters. The average Bonchev–Trinajstić information content (AvgIpc) is 2.27. The highest BCUT2D eigenvalue weighted by Gasteiger charge is 2.19. The first kappa shape index (κ1) is 11.6. The Labute approximate surface area is 85.6 Å². The van der Waals surface area contributed by atoms with Crippen molar-refractivity contribution in [3.63, 3.8) is 0 Å². The molecule has 1 rings (SSSR count). The maximum Gasteiger partial charge on any atom is 0.269 e. The first-order chi connectivity index (χ1) is 7.06. The van der Waals surface area contributed by atoms with Crippen LogP contribution in [0.15, 0.2) is 24.3 Å². The molecule has 0 saturated heterocycles. The van der Waals surface area contributed by atoms with E-state index in [9.17, 15) is 15.2 Å². The molecule has 15 heavy (non-hydrogen) atoms. The molecular formula is C9H11NO5. The van der Waals surface area contributed by atoms with E-state index in [1.54, 1.807) is 0 Å². The summed E-state index contributed by atoms with van der Waals surface area (Å²) < 4.78 is 0. The number of hydrogen-bond acceptors (Lipinski definition) is 5. The normalized spacial score (nSPS) is 14.6. The van der Waals surface area contributed by atoms with Gasteiger partial charge in [0, 0.05) is 12.1 Å². The second-order valence-electron chi connectivity index (χ2n) is 3.05. The van der Waals surface area contributed by atoms with Crippen LogP contribution in [0.1, 0.15) is 11.7 Å². The molecule has 6 nitrogen and oxygen atoms in total. The fraction of sp³-hybridized carbons (Fsp3) is 0.333. The minimum Gasteiger partial charge on any atom is -0.394 e. The summed E-state index contributed by atoms with van der Waals surface area (Å²) in [6, 6.07) is 5.28. The van der Waals surface area contributed by atoms with Crippen molar-refractivity contribution >= 4 is 5.69 Å². The van der Waals surface area contributed by atoms with Crippen molar-refractivity contribution in [1.82, 2.24) is 0 Å². The molecule has 1 aromatic carbocycles. The van der Waals surface area contributed by atoms with Crippen LogP contribution >= 0.6 is 0 Å². The number of benzene rings is 1. The van der Waals surface area contributed by atoms with Gasteiger partial charge >= 0.3 is 0 Å². The van der Waals surface area contributed by atoms with Crippen molar-refractivity contribution < 1.29 is 20.2 Å². The first-order valence-electron chi connectivity index (χ1n) is 4.27. The van der Waals surface area contributed by atoms with Gasteiger partial charge in [0.15, 0.2) is 0 Å². The predicted molar refractivity (Wildman–Crippen MR) is 51.1 cm³/mol. The summed E-state index contributed by atoms with van der Waals surface area (Å²) >= 11 is 0. The standard InChI is InChI=1S/C9H11NO5/c11-5-8(12)9(13)6-2-1-3-7(4-6)10(14)15/h1-4,8-9,11-13H,5H2. The van der Waals surface area contributed by atoms with E-state index < -0.39 is 23.7 Å². The molecule has 0 amide bonds. The van der Waals surface area contributed by atoms with Crippen molar-refractivity contribution in [3.8, 4) is 0 Å². The predicted octanol–water partition coefficient (Wildman–Crippen LogP) is -0.0186. The van der Waals surface area contributed by atoms with Crippen LogP contribution in [0.5, 0.6) is 0 Å². The molecule has 0 aliphatic carbocycles. The lowest BCUT2D eigenvalue weighted by atomic mass is 10.0. The van der Waals surface area contributed by atoms with E-state index in [4.69, 9.17) is 10.2 Å². The number of nitrogens with zero attached hydrogens (tertiary/aromatic N) is 1. The topological polar surface area (TPSA) is 104 Å². The van der Waals surface area contributed by atoms with Gasteiger partial charge in [-0.3, -0.25) is 10.1 Å². The van der Waals surface area contributed by atoms with Gasteiger partial charge in [-0.2, -0.15) is 0 Å². The highest BCUT2D eigenvalue weighted by atomic mass is 16.6. The van der Waals surface area contributed by atoms with Crippen LogP contribution in [-0.4, -0.2) is 33.0 Å². The van der Waals surface area contributed by atoms with E-state index in [2.05, 4.69) is 0 Å². The summed E-state index contributed by atoms with van der Waals surface area (Å²) in [5, 5.41) is 37.6. The van der Waals surface area contributed by atoms with E-state index in [1.807, 2.05) is 0 Å². The zero-order valence-electron chi connectivity index (χ0n) is 7.78. The number of aliphatic hydroxyl groups excluding tert-OH is 3. The molecule has 0 bridgehead atoms. The lowest BCUT2D eigenvalue weighted by Crippen LogP contribution is -2.22. The maximum absolute atomic E-state index is 10.4. The number of non-ortho nitro benzene ring substituents is 1. The van der Waals surface area contributed by atoms with Gasteiger partial charge < -0.3 is 15.3 Å². The van der Waals surface area contributed by atoms with Crippen LogP contribution < -0.4 is 0 Å². The summed E-state index contributed by atoms with van der Waals surface area (Å²) in [6.45, 7) is -0.607. The van der Waals surface area contributed by atoms with E-state index in [0.29, 0.717) is 0 Å². The quantitative estimate of drug-likeness (QED) is 0.481. The highest BCUT2D eigenvalue weighted by Crippen LogP contribution is 2.21. The Morgan fingerprint density at radius 3 is 2.60 bits per heavy atom. The molecule has 82 valence electrons. The summed E-state index contributed by atoms with van der Waals surface area (Å²) in [4.78, 5) is 9.83. The molecule has 0 fully saturated rings. The van der Waals surface area contributed by atoms with Gasteiger partial charge in [-0.25, -0.2) is 0 Å². The van der Waals surface area contributed by atoms with Crippen LogP contribution in [-0.2, 0) is 0 Å². The fourth-order valence-electron chi connectivity index (χ4n) is 1.14. The van der Waals surface area contributed by atoms with Gasteiger partial charge in [-0.1, -0.05) is 12.1 Å². The van der Waals surface area contributed by atoms with Crippen LogP contribution in [0, 0.1) is 10.1 Å². The molecule has 0 heterocycles. The maximum atomic E-state index is 10.4. The number of rotatable bonds is 4. The second kappa shape index (κ2) is 4.83. The van der Waals surface area contributed by atoms with Crippen LogP contribution in [0.4, 0.5) is 5.69 Å². The van der Waals surface area contributed by atoms with Crippen LogP contribution in [0.25, 0.3) is 0 Å². The lowest BCUT2D eigenvalue weighted by Gasteiger charge is -2.15. The largest absolute Gasteiger partial charge is 0.394 e. The zero-order chi connectivity index (χ0) is 11.4. The Hall–Kier alpha value is -1.50. The minimum absolute atomic E-state index is 0.170. The van der Waals surface area contributed by atoms with Gasteiger partial charge in [0.1, 0.15) is 12.2 Å². The molecule has 0 aromatic heterocycles. The molecule has 0 aliphatic rings. The van der Waals surface area contributed by atoms with Crippen molar-refractivity contribution in [3.05, 3.63) is 39.9 Å². The van der Waals surface area contributed by atoms with E-state index in [0.717, 1.165) is 6.07 Å². The van der Waals surface area contributed by atoms with Gasteiger partial charge in [-0.15, -0.1) is 0 Å². The molecule has 1 aromatic rings. The lowest BCUT2D eigenvalue weighted by molar-refractivity contribution is -0.385. The van der Waals surface area contributed by atoms with E-state index in [1.165, 1.54) is 18.2 Å². The van der Waals surface area contributed by atoms with Crippen molar-refractivity contribution in [2.75, 3.05) is 6.61 Å². The van der Waals surface area contributed by atoms with E-state index in [-0.39, 0.29) is 11.3 Å². The Morgan fingerprint density at radius 1 is 1.40 bits per heavy atom. The molecule has 0 radical (unpaired) electrons. The Balaban J connectivity index is 2.94. The SMILES string of the molecule is O=[N+]([O-])c1cccc(C(O)C(O)CO)c1. The van der Waals surface area contributed by atoms with Crippen molar-refractivity contribution in [2.24, 2.45) is 0 Å². The number of nitro groups is 1. The Morgan fingerprint density at radius 2 is 2.07 bits per heavy atom. The highest BCUT2D eigenvalue weighted by molar-refractivity contribution is 5.35. The molecule has 0 aliphatic heterocycles. The van der Waals surface area contributed by atoms with Crippen molar-refractivity contribution in [2.45, 2.75) is 12.2 Å². The van der Waals surface area contributed by atoms with Gasteiger partial charge in [-0.05, 0) is 5.56 Å². The summed E-state index contributed by atoms with van der Waals surface area (Å²) in [6.07, 6.45) is -2.66. The average molecular weight is 213 g/mol. The minimum atomic E-state index is -1.34.